The minimum absolute atomic E-state index is 0.0943. The van der Waals surface area contributed by atoms with Gasteiger partial charge in [-0.25, -0.2) is 9.97 Å². The van der Waals surface area contributed by atoms with Crippen LogP contribution in [0.5, 0.6) is 5.88 Å². The first-order valence-corrected chi connectivity index (χ1v) is 9.34. The highest BCUT2D eigenvalue weighted by molar-refractivity contribution is 5.95. The first kappa shape index (κ1) is 21.4. The Bertz CT molecular complexity index is 1090. The summed E-state index contributed by atoms with van der Waals surface area (Å²) in [5.74, 6) is -0.522. The summed E-state index contributed by atoms with van der Waals surface area (Å²) in [6, 6.07) is 4.12. The van der Waals surface area contributed by atoms with Crippen LogP contribution < -0.4 is 10.5 Å². The Morgan fingerprint density at radius 1 is 1.30 bits per heavy atom. The Labute approximate surface area is 171 Å². The molecule has 0 aromatic carbocycles. The monoisotopic (exact) mass is 418 g/mol. The number of pyridine rings is 2. The van der Waals surface area contributed by atoms with E-state index in [2.05, 4.69) is 15.0 Å². The summed E-state index contributed by atoms with van der Waals surface area (Å²) in [6.07, 6.45) is 2.03. The molecule has 0 fully saturated rings. The van der Waals surface area contributed by atoms with Gasteiger partial charge in [0, 0.05) is 41.0 Å². The lowest BCUT2D eigenvalue weighted by Gasteiger charge is -2.14. The normalized spacial score (nSPS) is 13.1. The quantitative estimate of drug-likeness (QED) is 0.550. The predicted molar refractivity (Wildman–Crippen MR) is 108 cm³/mol. The van der Waals surface area contributed by atoms with E-state index in [-0.39, 0.29) is 24.0 Å². The number of rotatable bonds is 7. The number of H-pyrrole nitrogens is 1. The molecule has 3 aromatic heterocycles. The Kier molecular flexibility index (Phi) is 6.09. The molecule has 6 nitrogen and oxygen atoms in total. The molecule has 30 heavy (non-hydrogen) atoms. The van der Waals surface area contributed by atoms with Gasteiger partial charge in [0.05, 0.1) is 6.61 Å². The largest absolute Gasteiger partial charge is 0.477 e. The molecule has 0 aliphatic carbocycles. The topological polar surface area (TPSA) is 93.9 Å². The van der Waals surface area contributed by atoms with E-state index < -0.39 is 17.8 Å². The van der Waals surface area contributed by atoms with Crippen molar-refractivity contribution in [3.63, 3.8) is 0 Å². The van der Waals surface area contributed by atoms with Crippen LogP contribution >= 0.6 is 0 Å². The molecule has 1 amide bonds. The molecule has 0 spiro atoms. The summed E-state index contributed by atoms with van der Waals surface area (Å²) in [6.45, 7) is 4.18. The van der Waals surface area contributed by atoms with Gasteiger partial charge in [0.2, 0.25) is 11.8 Å². The number of nitrogens with two attached hydrogens (primary N) is 1. The minimum Gasteiger partial charge on any atom is -0.477 e. The maximum absolute atomic E-state index is 13.4. The van der Waals surface area contributed by atoms with E-state index in [1.165, 1.54) is 24.4 Å². The summed E-state index contributed by atoms with van der Waals surface area (Å²) in [5.41, 5.74) is 5.98. The molecule has 158 valence electrons. The van der Waals surface area contributed by atoms with Crippen molar-refractivity contribution < 1.29 is 22.7 Å². The molecule has 0 aliphatic heterocycles. The lowest BCUT2D eigenvalue weighted by molar-refractivity contribution is -0.141. The minimum atomic E-state index is -4.62. The van der Waals surface area contributed by atoms with E-state index in [1.807, 2.05) is 13.8 Å². The maximum atomic E-state index is 13.4. The number of halogens is 3. The zero-order chi connectivity index (χ0) is 21.9. The van der Waals surface area contributed by atoms with E-state index in [0.29, 0.717) is 22.2 Å². The van der Waals surface area contributed by atoms with Crippen LogP contribution in [0.3, 0.4) is 0 Å². The molecule has 0 bridgehead atoms. The summed E-state index contributed by atoms with van der Waals surface area (Å²) in [7, 11) is 0. The highest BCUT2D eigenvalue weighted by Gasteiger charge is 2.33. The fraction of sp³-hybridized carbons (Fsp3) is 0.286. The van der Waals surface area contributed by atoms with Gasteiger partial charge in [-0.15, -0.1) is 0 Å². The second kappa shape index (κ2) is 8.56. The molecule has 9 heteroatoms. The van der Waals surface area contributed by atoms with Crippen LogP contribution in [0.4, 0.5) is 13.2 Å². The van der Waals surface area contributed by atoms with Crippen LogP contribution in [0.2, 0.25) is 0 Å². The van der Waals surface area contributed by atoms with Gasteiger partial charge in [-0.1, -0.05) is 20.3 Å². The van der Waals surface area contributed by atoms with E-state index in [9.17, 15) is 18.0 Å². The molecule has 0 radical (unpaired) electrons. The highest BCUT2D eigenvalue weighted by atomic mass is 19.4. The number of nitrogens with zero attached hydrogens (tertiary/aromatic N) is 2. The molecule has 3 aromatic rings. The lowest BCUT2D eigenvalue weighted by atomic mass is 10.1. The van der Waals surface area contributed by atoms with E-state index in [0.717, 1.165) is 12.5 Å². The fourth-order valence-corrected chi connectivity index (χ4v) is 2.73. The Hall–Kier alpha value is -3.36. The smallest absolute Gasteiger partial charge is 0.433 e. The standard InChI is InChI=1S/C21H21F3N4O2/c1-3-12(2)11-30-19-8-14(7-17(28-19)21(22,23)24)15-6-16-13(4-5-18(25)29)9-26-20(16)27-10-15/h4-10,12H,3,11H2,1-2H3,(H2,25,29)(H,26,27). The first-order chi connectivity index (χ1) is 14.2. The van der Waals surface area contributed by atoms with E-state index in [1.54, 1.807) is 12.3 Å². The Morgan fingerprint density at radius 2 is 2.07 bits per heavy atom. The number of hydrogen-bond donors (Lipinski definition) is 2. The summed E-state index contributed by atoms with van der Waals surface area (Å²) < 4.78 is 45.7. The highest BCUT2D eigenvalue weighted by Crippen LogP contribution is 2.34. The molecular formula is C21H21F3N4O2. The van der Waals surface area contributed by atoms with Crippen molar-refractivity contribution in [2.45, 2.75) is 26.4 Å². The van der Waals surface area contributed by atoms with Gasteiger partial charge < -0.3 is 15.5 Å². The number of hydrogen-bond acceptors (Lipinski definition) is 4. The number of carbonyl (C=O) groups excluding carboxylic acids is 1. The molecule has 3 N–H and O–H groups in total. The zero-order valence-corrected chi connectivity index (χ0v) is 16.5. The average Bonchev–Trinajstić information content (AvgIpc) is 3.11. The van der Waals surface area contributed by atoms with Gasteiger partial charge in [-0.2, -0.15) is 13.2 Å². The van der Waals surface area contributed by atoms with Crippen LogP contribution in [0, 0.1) is 5.92 Å². The molecule has 0 aliphatic rings. The number of alkyl halides is 3. The third-order valence-corrected chi connectivity index (χ3v) is 4.63. The Balaban J connectivity index is 2.05. The first-order valence-electron chi connectivity index (χ1n) is 9.34. The van der Waals surface area contributed by atoms with Crippen molar-refractivity contribution in [2.24, 2.45) is 11.7 Å². The number of ether oxygens (including phenoxy) is 1. The van der Waals surface area contributed by atoms with Gasteiger partial charge in [0.25, 0.3) is 0 Å². The SMILES string of the molecule is CCC(C)COc1cc(-c2cnc3[nH]cc(C=CC(N)=O)c3c2)cc(C(F)(F)F)n1. The van der Waals surface area contributed by atoms with Crippen LogP contribution in [-0.4, -0.2) is 27.5 Å². The molecule has 3 heterocycles. The second-order valence-electron chi connectivity index (χ2n) is 7.00. The van der Waals surface area contributed by atoms with Gasteiger partial charge in [-0.05, 0) is 29.7 Å². The van der Waals surface area contributed by atoms with Crippen molar-refractivity contribution in [3.8, 4) is 17.0 Å². The summed E-state index contributed by atoms with van der Waals surface area (Å²) >= 11 is 0. The third-order valence-electron chi connectivity index (χ3n) is 4.63. The van der Waals surface area contributed by atoms with Crippen LogP contribution in [0.1, 0.15) is 31.5 Å². The van der Waals surface area contributed by atoms with Crippen molar-refractivity contribution in [2.75, 3.05) is 6.61 Å². The van der Waals surface area contributed by atoms with Crippen molar-refractivity contribution >= 4 is 23.0 Å². The number of nitrogens with one attached hydrogen (secondary N) is 1. The Morgan fingerprint density at radius 3 is 2.73 bits per heavy atom. The number of amides is 1. The van der Waals surface area contributed by atoms with E-state index >= 15 is 0 Å². The molecule has 0 saturated heterocycles. The van der Waals surface area contributed by atoms with Crippen molar-refractivity contribution in [1.82, 2.24) is 15.0 Å². The molecule has 3 rings (SSSR count). The second-order valence-corrected chi connectivity index (χ2v) is 7.00. The van der Waals surface area contributed by atoms with Crippen molar-refractivity contribution in [3.05, 3.63) is 47.9 Å². The zero-order valence-electron chi connectivity index (χ0n) is 16.5. The van der Waals surface area contributed by atoms with Crippen LogP contribution in [-0.2, 0) is 11.0 Å². The number of fused-ring (bicyclic) bond motifs is 1. The maximum Gasteiger partial charge on any atom is 0.433 e. The molecule has 0 saturated carbocycles. The molecule has 1 atom stereocenters. The van der Waals surface area contributed by atoms with Crippen molar-refractivity contribution in [1.29, 1.82) is 0 Å². The van der Waals surface area contributed by atoms with E-state index in [4.69, 9.17) is 10.5 Å². The van der Waals surface area contributed by atoms with Gasteiger partial charge in [0.15, 0.2) is 0 Å². The van der Waals surface area contributed by atoms with Crippen LogP contribution in [0.15, 0.2) is 36.7 Å². The molecular weight excluding hydrogens is 397 g/mol. The fourth-order valence-electron chi connectivity index (χ4n) is 2.73. The summed E-state index contributed by atoms with van der Waals surface area (Å²) in [4.78, 5) is 21.8. The van der Waals surface area contributed by atoms with Gasteiger partial charge in [0.1, 0.15) is 11.3 Å². The molecule has 1 unspecified atom stereocenters. The third kappa shape index (κ3) is 4.97. The predicted octanol–water partition coefficient (Wildman–Crippen LogP) is 4.57. The van der Waals surface area contributed by atoms with Gasteiger partial charge in [-0.3, -0.25) is 4.79 Å². The van der Waals surface area contributed by atoms with Gasteiger partial charge >= 0.3 is 6.18 Å². The number of primary amides is 1. The van der Waals surface area contributed by atoms with Crippen LogP contribution in [0.25, 0.3) is 28.2 Å². The summed E-state index contributed by atoms with van der Waals surface area (Å²) in [5, 5.41) is 0.637. The number of aromatic amines is 1. The lowest BCUT2D eigenvalue weighted by Crippen LogP contribution is -2.12. The number of aromatic nitrogens is 3. The average molecular weight is 418 g/mol. The number of carbonyl (C=O) groups is 1.